The second kappa shape index (κ2) is 10.1. The number of nitrogens with zero attached hydrogens (tertiary/aromatic N) is 2. The lowest BCUT2D eigenvalue weighted by atomic mass is 9.96. The van der Waals surface area contributed by atoms with Crippen LogP contribution >= 0.6 is 0 Å². The van der Waals surface area contributed by atoms with Gasteiger partial charge in [-0.25, -0.2) is 4.79 Å². The van der Waals surface area contributed by atoms with Crippen molar-refractivity contribution in [2.75, 3.05) is 46.4 Å². The van der Waals surface area contributed by atoms with Gasteiger partial charge in [0.05, 0.1) is 7.11 Å². The quantitative estimate of drug-likeness (QED) is 0.705. The number of likely N-dealkylation sites (tertiary alicyclic amines) is 2. The monoisotopic (exact) mass is 402 g/mol. The lowest BCUT2D eigenvalue weighted by Crippen LogP contribution is -2.48. The largest absolute Gasteiger partial charge is 0.497 e. The van der Waals surface area contributed by atoms with Gasteiger partial charge in [0.2, 0.25) is 5.91 Å². The molecule has 0 aromatic heterocycles. The Kier molecular flexibility index (Phi) is 7.32. The lowest BCUT2D eigenvalue weighted by molar-refractivity contribution is -0.126. The molecule has 4 amide bonds. The van der Waals surface area contributed by atoms with E-state index in [0.29, 0.717) is 50.3 Å². The molecule has 2 N–H and O–H groups in total. The van der Waals surface area contributed by atoms with Gasteiger partial charge in [-0.1, -0.05) is 0 Å². The average molecular weight is 402 g/mol. The van der Waals surface area contributed by atoms with E-state index in [9.17, 15) is 14.4 Å². The number of amides is 4. The Morgan fingerprint density at radius 2 is 1.52 bits per heavy atom. The summed E-state index contributed by atoms with van der Waals surface area (Å²) in [6.07, 6.45) is 3.53. The Balaban J connectivity index is 1.32. The van der Waals surface area contributed by atoms with Crippen LogP contribution in [0.25, 0.3) is 0 Å². The zero-order chi connectivity index (χ0) is 20.6. The topological polar surface area (TPSA) is 91.0 Å². The van der Waals surface area contributed by atoms with Gasteiger partial charge in [-0.05, 0) is 49.9 Å². The van der Waals surface area contributed by atoms with Crippen LogP contribution in [0.3, 0.4) is 0 Å². The predicted octanol–water partition coefficient (Wildman–Crippen LogP) is 1.47. The second-order valence-electron chi connectivity index (χ2n) is 7.51. The van der Waals surface area contributed by atoms with E-state index in [2.05, 4.69) is 10.6 Å². The molecule has 1 aromatic carbocycles. The smallest absolute Gasteiger partial charge is 0.319 e. The molecule has 2 aliphatic rings. The van der Waals surface area contributed by atoms with Crippen molar-refractivity contribution >= 4 is 17.8 Å². The third-order valence-electron chi connectivity index (χ3n) is 5.57. The van der Waals surface area contributed by atoms with Crippen molar-refractivity contribution in [1.82, 2.24) is 20.4 Å². The van der Waals surface area contributed by atoms with Crippen molar-refractivity contribution in [3.05, 3.63) is 29.8 Å². The summed E-state index contributed by atoms with van der Waals surface area (Å²) in [7, 11) is 1.58. The number of hydrogen-bond acceptors (Lipinski definition) is 4. The molecule has 2 heterocycles. The molecule has 0 bridgehead atoms. The molecular formula is C21H30N4O4. The van der Waals surface area contributed by atoms with Gasteiger partial charge in [0.25, 0.3) is 5.91 Å². The van der Waals surface area contributed by atoms with Crippen LogP contribution in [-0.4, -0.2) is 74.0 Å². The molecule has 29 heavy (non-hydrogen) atoms. The molecular weight excluding hydrogens is 372 g/mol. The van der Waals surface area contributed by atoms with Crippen LogP contribution in [0.1, 0.15) is 36.0 Å². The molecule has 0 spiro atoms. The Morgan fingerprint density at radius 1 is 0.931 bits per heavy atom. The molecule has 0 radical (unpaired) electrons. The van der Waals surface area contributed by atoms with Gasteiger partial charge < -0.3 is 25.2 Å². The molecule has 0 atom stereocenters. The molecule has 3 rings (SSSR count). The lowest BCUT2D eigenvalue weighted by Gasteiger charge is -2.34. The number of nitrogens with one attached hydrogen (secondary N) is 2. The summed E-state index contributed by atoms with van der Waals surface area (Å²) in [5.74, 6) is 0.435. The SMILES string of the molecule is COc1ccc(C(=O)NCCNC(=O)C2CCN(C(=O)N3CCCC3)CC2)cc1. The standard InChI is InChI=1S/C21H30N4O4/c1-29-18-6-4-16(5-7-18)19(26)22-10-11-23-20(27)17-8-14-25(15-9-17)21(28)24-12-2-3-13-24/h4-7,17H,2-3,8-15H2,1H3,(H,22,26)(H,23,27). The maximum atomic E-state index is 12.4. The molecule has 8 nitrogen and oxygen atoms in total. The normalized spacial score (nSPS) is 17.1. The molecule has 2 aliphatic heterocycles. The number of carbonyl (C=O) groups is 3. The van der Waals surface area contributed by atoms with E-state index in [0.717, 1.165) is 25.9 Å². The van der Waals surface area contributed by atoms with Gasteiger partial charge in [-0.3, -0.25) is 9.59 Å². The van der Waals surface area contributed by atoms with Gasteiger partial charge in [0, 0.05) is 50.7 Å². The first-order chi connectivity index (χ1) is 14.1. The van der Waals surface area contributed by atoms with Crippen LogP contribution in [-0.2, 0) is 4.79 Å². The Morgan fingerprint density at radius 3 is 2.14 bits per heavy atom. The number of methoxy groups -OCH3 is 1. The van der Waals surface area contributed by atoms with E-state index >= 15 is 0 Å². The zero-order valence-corrected chi connectivity index (χ0v) is 17.0. The summed E-state index contributed by atoms with van der Waals surface area (Å²) in [5, 5.41) is 5.68. The van der Waals surface area contributed by atoms with Gasteiger partial charge in [-0.15, -0.1) is 0 Å². The highest BCUT2D eigenvalue weighted by atomic mass is 16.5. The maximum absolute atomic E-state index is 12.4. The number of ether oxygens (including phenoxy) is 1. The number of piperidine rings is 1. The molecule has 0 unspecified atom stereocenters. The van der Waals surface area contributed by atoms with Crippen LogP contribution in [0.4, 0.5) is 4.79 Å². The third-order valence-corrected chi connectivity index (χ3v) is 5.57. The van der Waals surface area contributed by atoms with Crippen LogP contribution in [0.2, 0.25) is 0 Å². The van der Waals surface area contributed by atoms with Crippen molar-refractivity contribution in [1.29, 1.82) is 0 Å². The number of carbonyl (C=O) groups excluding carboxylic acids is 3. The van der Waals surface area contributed by atoms with E-state index in [1.54, 1.807) is 31.4 Å². The summed E-state index contributed by atoms with van der Waals surface area (Å²) in [5.41, 5.74) is 0.548. The van der Waals surface area contributed by atoms with E-state index in [1.807, 2.05) is 9.80 Å². The fraction of sp³-hybridized carbons (Fsp3) is 0.571. The highest BCUT2D eigenvalue weighted by molar-refractivity contribution is 5.94. The fourth-order valence-electron chi connectivity index (χ4n) is 3.79. The number of rotatable bonds is 6. The third kappa shape index (κ3) is 5.62. The van der Waals surface area contributed by atoms with Gasteiger partial charge >= 0.3 is 6.03 Å². The Bertz CT molecular complexity index is 708. The van der Waals surface area contributed by atoms with Gasteiger partial charge in [0.15, 0.2) is 0 Å². The van der Waals surface area contributed by atoms with Crippen molar-refractivity contribution in [3.63, 3.8) is 0 Å². The predicted molar refractivity (Wildman–Crippen MR) is 109 cm³/mol. The molecule has 1 aromatic rings. The van der Waals surface area contributed by atoms with Crippen LogP contribution in [0, 0.1) is 5.92 Å². The molecule has 8 heteroatoms. The van der Waals surface area contributed by atoms with Crippen LogP contribution < -0.4 is 15.4 Å². The fourth-order valence-corrected chi connectivity index (χ4v) is 3.79. The van der Waals surface area contributed by atoms with Gasteiger partial charge in [0.1, 0.15) is 5.75 Å². The number of hydrogen-bond donors (Lipinski definition) is 2. The Labute approximate surface area is 171 Å². The Hall–Kier alpha value is -2.77. The van der Waals surface area contributed by atoms with Crippen molar-refractivity contribution in [2.24, 2.45) is 5.92 Å². The van der Waals surface area contributed by atoms with Crippen molar-refractivity contribution in [2.45, 2.75) is 25.7 Å². The first kappa shape index (κ1) is 21.0. The van der Waals surface area contributed by atoms with Gasteiger partial charge in [-0.2, -0.15) is 0 Å². The van der Waals surface area contributed by atoms with E-state index < -0.39 is 0 Å². The molecule has 2 fully saturated rings. The zero-order valence-electron chi connectivity index (χ0n) is 17.0. The summed E-state index contributed by atoms with van der Waals surface area (Å²) in [4.78, 5) is 40.6. The van der Waals surface area contributed by atoms with E-state index in [-0.39, 0.29) is 23.8 Å². The average Bonchev–Trinajstić information content (AvgIpc) is 3.31. The molecule has 0 aliphatic carbocycles. The number of benzene rings is 1. The van der Waals surface area contributed by atoms with E-state index in [1.165, 1.54) is 0 Å². The minimum absolute atomic E-state index is 0.00281. The number of urea groups is 1. The second-order valence-corrected chi connectivity index (χ2v) is 7.51. The van der Waals surface area contributed by atoms with Crippen molar-refractivity contribution < 1.29 is 19.1 Å². The summed E-state index contributed by atoms with van der Waals surface area (Å²) in [6, 6.07) is 6.98. The summed E-state index contributed by atoms with van der Waals surface area (Å²) in [6.45, 7) is 3.70. The first-order valence-corrected chi connectivity index (χ1v) is 10.3. The molecule has 0 saturated carbocycles. The maximum Gasteiger partial charge on any atom is 0.319 e. The molecule has 2 saturated heterocycles. The van der Waals surface area contributed by atoms with Crippen LogP contribution in [0.15, 0.2) is 24.3 Å². The van der Waals surface area contributed by atoms with Crippen molar-refractivity contribution in [3.8, 4) is 5.75 Å². The minimum atomic E-state index is -0.185. The first-order valence-electron chi connectivity index (χ1n) is 10.3. The van der Waals surface area contributed by atoms with Crippen LogP contribution in [0.5, 0.6) is 5.75 Å². The summed E-state index contributed by atoms with van der Waals surface area (Å²) >= 11 is 0. The highest BCUT2D eigenvalue weighted by Gasteiger charge is 2.30. The minimum Gasteiger partial charge on any atom is -0.497 e. The highest BCUT2D eigenvalue weighted by Crippen LogP contribution is 2.20. The summed E-state index contributed by atoms with van der Waals surface area (Å²) < 4.78 is 5.07. The molecule has 158 valence electrons. The van der Waals surface area contributed by atoms with E-state index in [4.69, 9.17) is 4.74 Å².